The molecule has 6 N–H and O–H groups in total. The summed E-state index contributed by atoms with van der Waals surface area (Å²) in [6.45, 7) is 3.25. The van der Waals surface area contributed by atoms with Crippen LogP contribution in [-0.4, -0.2) is 98.3 Å². The molecule has 1 aliphatic carbocycles. The lowest BCUT2D eigenvalue weighted by Crippen LogP contribution is -2.64. The molecule has 0 aromatic carbocycles. The summed E-state index contributed by atoms with van der Waals surface area (Å²) in [7, 11) is -5.12. The molecule has 8 atom stereocenters. The number of rotatable bonds is 38. The van der Waals surface area contributed by atoms with Gasteiger partial charge in [0.25, 0.3) is 0 Å². The largest absolute Gasteiger partial charge is 0.472 e. The molecule has 14 heteroatoms. The number of esters is 2. The van der Waals surface area contributed by atoms with Crippen LogP contribution in [0.15, 0.2) is 24.3 Å². The lowest BCUT2D eigenvalue weighted by molar-refractivity contribution is -0.220. The van der Waals surface area contributed by atoms with Crippen molar-refractivity contribution in [3.63, 3.8) is 0 Å². The van der Waals surface area contributed by atoms with Crippen LogP contribution >= 0.6 is 7.82 Å². The van der Waals surface area contributed by atoms with Crippen LogP contribution in [0.3, 0.4) is 0 Å². The summed E-state index contributed by atoms with van der Waals surface area (Å²) < 4.78 is 33.5. The molecule has 0 bridgehead atoms. The van der Waals surface area contributed by atoms with E-state index in [1.807, 2.05) is 0 Å². The summed E-state index contributed by atoms with van der Waals surface area (Å²) >= 11 is 0. The van der Waals surface area contributed by atoms with E-state index in [0.29, 0.717) is 12.8 Å². The van der Waals surface area contributed by atoms with E-state index >= 15 is 0 Å². The summed E-state index contributed by atoms with van der Waals surface area (Å²) in [6, 6.07) is 0. The fourth-order valence-electron chi connectivity index (χ4n) is 6.97. The fraction of sp³-hybridized carbons (Fsp3) is 0.867. The highest BCUT2D eigenvalue weighted by Gasteiger charge is 2.51. The minimum Gasteiger partial charge on any atom is -0.462 e. The van der Waals surface area contributed by atoms with Gasteiger partial charge >= 0.3 is 19.8 Å². The van der Waals surface area contributed by atoms with Gasteiger partial charge in [0.1, 0.15) is 43.2 Å². The molecule has 0 aromatic rings. The van der Waals surface area contributed by atoms with Crippen molar-refractivity contribution in [3.05, 3.63) is 24.3 Å². The SMILES string of the molecule is CCCC/C=C/CCCCCCCCCCCC(=O)O[C@H](COC(=O)CCCC/C=C/CCCCCCCCCCC)COP(=O)(O)OC1C(O)C(O)C(O)[C@@H](O)C1O. The van der Waals surface area contributed by atoms with Crippen LogP contribution in [0.4, 0.5) is 0 Å². The highest BCUT2D eigenvalue weighted by Crippen LogP contribution is 2.47. The summed E-state index contributed by atoms with van der Waals surface area (Å²) in [6.07, 6.45) is 25.2. The molecular weight excluding hydrogens is 779 g/mol. The van der Waals surface area contributed by atoms with Gasteiger partial charge in [0.05, 0.1) is 6.61 Å². The Labute approximate surface area is 356 Å². The summed E-state index contributed by atoms with van der Waals surface area (Å²) in [4.78, 5) is 35.7. The first-order valence-corrected chi connectivity index (χ1v) is 24.6. The summed E-state index contributed by atoms with van der Waals surface area (Å²) in [5.74, 6) is -1.12. The van der Waals surface area contributed by atoms with Gasteiger partial charge in [0.15, 0.2) is 6.10 Å². The van der Waals surface area contributed by atoms with Gasteiger partial charge in [-0.1, -0.05) is 147 Å². The fourth-order valence-corrected chi connectivity index (χ4v) is 7.94. The van der Waals surface area contributed by atoms with Crippen molar-refractivity contribution in [1.29, 1.82) is 0 Å². The molecule has 0 aromatic heterocycles. The molecule has 1 rings (SSSR count). The number of aliphatic hydroxyl groups excluding tert-OH is 5. The quantitative estimate of drug-likeness (QED) is 0.0149. The van der Waals surface area contributed by atoms with Crippen molar-refractivity contribution in [2.24, 2.45) is 0 Å². The average molecular weight is 863 g/mol. The second-order valence-electron chi connectivity index (χ2n) is 16.3. The first-order chi connectivity index (χ1) is 28.4. The first kappa shape index (κ1) is 55.3. The van der Waals surface area contributed by atoms with Gasteiger partial charge in [0, 0.05) is 12.8 Å². The Morgan fingerprint density at radius 2 is 0.881 bits per heavy atom. The molecule has 346 valence electrons. The number of phosphoric acid groups is 1. The third-order valence-electron chi connectivity index (χ3n) is 10.8. The first-order valence-electron chi connectivity index (χ1n) is 23.1. The Morgan fingerprint density at radius 1 is 0.508 bits per heavy atom. The van der Waals surface area contributed by atoms with Crippen molar-refractivity contribution in [1.82, 2.24) is 0 Å². The van der Waals surface area contributed by atoms with E-state index in [4.69, 9.17) is 18.5 Å². The highest BCUT2D eigenvalue weighted by atomic mass is 31.2. The minimum atomic E-state index is -5.12. The minimum absolute atomic E-state index is 0.0920. The number of hydrogen-bond donors (Lipinski definition) is 6. The monoisotopic (exact) mass is 863 g/mol. The van der Waals surface area contributed by atoms with Crippen molar-refractivity contribution in [2.75, 3.05) is 13.2 Å². The average Bonchev–Trinajstić information content (AvgIpc) is 3.21. The van der Waals surface area contributed by atoms with E-state index in [1.165, 1.54) is 103 Å². The number of carbonyl (C=O) groups excluding carboxylic acids is 2. The molecule has 59 heavy (non-hydrogen) atoms. The molecule has 6 unspecified atom stereocenters. The predicted octanol–water partition coefficient (Wildman–Crippen LogP) is 8.84. The van der Waals surface area contributed by atoms with Crippen LogP contribution in [0, 0.1) is 0 Å². The van der Waals surface area contributed by atoms with E-state index in [9.17, 15) is 44.6 Å². The Kier molecular flexibility index (Phi) is 33.7. The Hall–Kier alpha value is -1.67. The number of hydrogen-bond acceptors (Lipinski definition) is 12. The number of allylic oxidation sites excluding steroid dienone is 4. The molecule has 0 aliphatic heterocycles. The van der Waals surface area contributed by atoms with Crippen LogP contribution < -0.4 is 0 Å². The second-order valence-corrected chi connectivity index (χ2v) is 17.7. The summed E-state index contributed by atoms with van der Waals surface area (Å²) in [5, 5.41) is 50.1. The van der Waals surface area contributed by atoms with Crippen molar-refractivity contribution >= 4 is 19.8 Å². The van der Waals surface area contributed by atoms with Gasteiger partial charge in [-0.2, -0.15) is 0 Å². The van der Waals surface area contributed by atoms with Gasteiger partial charge < -0.3 is 39.9 Å². The Bertz CT molecular complexity index is 1130. The van der Waals surface area contributed by atoms with Crippen LogP contribution in [0.5, 0.6) is 0 Å². The smallest absolute Gasteiger partial charge is 0.462 e. The van der Waals surface area contributed by atoms with E-state index in [2.05, 4.69) is 38.2 Å². The third kappa shape index (κ3) is 28.5. The van der Waals surface area contributed by atoms with Gasteiger partial charge in [-0.05, 0) is 57.8 Å². The molecule has 0 radical (unpaired) electrons. The molecule has 0 amide bonds. The zero-order valence-corrected chi connectivity index (χ0v) is 37.4. The number of carbonyl (C=O) groups is 2. The molecule has 0 heterocycles. The second kappa shape index (κ2) is 35.9. The molecule has 1 aliphatic rings. The molecule has 1 saturated carbocycles. The molecular formula is C45H83O13P. The Balaban J connectivity index is 2.47. The number of ether oxygens (including phenoxy) is 2. The standard InChI is InChI=1S/C45H83O13P/c1-3-5-7-9-11-13-15-17-19-21-23-25-27-29-31-33-38(46)55-35-37(36-56-59(53,54)58-45-43(51)41(49)40(48)42(50)44(45)52)57-39(47)34-32-30-28-26-24-22-20-18-16-14-12-10-8-6-4-2/h10,12,23,25,37,40-45,48-52H,3-9,11,13-22,24,26-36H2,1-2H3,(H,53,54)/b12-10+,25-23+/t37-,40?,41-,42?,43?,44?,45?/m1/s1. The van der Waals surface area contributed by atoms with Gasteiger partial charge in [-0.15, -0.1) is 0 Å². The normalized spacial score (nSPS) is 22.5. The summed E-state index contributed by atoms with van der Waals surface area (Å²) in [5.41, 5.74) is 0. The maximum Gasteiger partial charge on any atom is 0.472 e. The van der Waals surface area contributed by atoms with Gasteiger partial charge in [-0.3, -0.25) is 18.6 Å². The Morgan fingerprint density at radius 3 is 1.37 bits per heavy atom. The molecule has 1 fully saturated rings. The lowest BCUT2D eigenvalue weighted by Gasteiger charge is -2.41. The topological polar surface area (TPSA) is 210 Å². The van der Waals surface area contributed by atoms with Gasteiger partial charge in [-0.25, -0.2) is 4.57 Å². The van der Waals surface area contributed by atoms with Crippen molar-refractivity contribution < 1.29 is 63.1 Å². The maximum absolute atomic E-state index is 12.8. The molecule has 0 spiro atoms. The zero-order chi connectivity index (χ0) is 43.6. The van der Waals surface area contributed by atoms with E-state index in [-0.39, 0.29) is 12.8 Å². The zero-order valence-electron chi connectivity index (χ0n) is 36.6. The predicted molar refractivity (Wildman–Crippen MR) is 230 cm³/mol. The van der Waals surface area contributed by atoms with Crippen molar-refractivity contribution in [2.45, 2.75) is 236 Å². The lowest BCUT2D eigenvalue weighted by atomic mass is 9.85. The number of phosphoric ester groups is 1. The van der Waals surface area contributed by atoms with E-state index < -0.39 is 75.7 Å². The maximum atomic E-state index is 12.8. The molecule has 0 saturated heterocycles. The number of aliphatic hydroxyl groups is 5. The van der Waals surface area contributed by atoms with Crippen molar-refractivity contribution in [3.8, 4) is 0 Å². The van der Waals surface area contributed by atoms with Crippen LogP contribution in [0.1, 0.15) is 194 Å². The van der Waals surface area contributed by atoms with E-state index in [0.717, 1.165) is 51.4 Å². The number of unbranched alkanes of at least 4 members (excludes halogenated alkanes) is 22. The van der Waals surface area contributed by atoms with Crippen LogP contribution in [0.25, 0.3) is 0 Å². The third-order valence-corrected chi connectivity index (χ3v) is 11.8. The van der Waals surface area contributed by atoms with Gasteiger partial charge in [0.2, 0.25) is 0 Å². The van der Waals surface area contributed by atoms with Crippen LogP contribution in [0.2, 0.25) is 0 Å². The highest BCUT2D eigenvalue weighted by molar-refractivity contribution is 7.47. The molecule has 13 nitrogen and oxygen atoms in total. The van der Waals surface area contributed by atoms with Crippen LogP contribution in [-0.2, 0) is 32.7 Å². The van der Waals surface area contributed by atoms with E-state index in [1.54, 1.807) is 0 Å².